The lowest BCUT2D eigenvalue weighted by atomic mass is 9.99. The molecule has 0 fully saturated rings. The molecule has 1 aliphatic rings. The fourth-order valence-electron chi connectivity index (χ4n) is 7.62. The zero-order valence-electron chi connectivity index (χ0n) is 26.8. The van der Waals surface area contributed by atoms with Crippen LogP contribution >= 0.6 is 0 Å². The molecule has 5 aromatic heterocycles. The fourth-order valence-corrected chi connectivity index (χ4v) is 7.62. The smallest absolute Gasteiger partial charge is 0.265 e. The Morgan fingerprint density at radius 2 is 0.940 bits per heavy atom. The van der Waals surface area contributed by atoms with Crippen molar-refractivity contribution in [1.82, 2.24) is 19.4 Å². The van der Waals surface area contributed by atoms with Crippen molar-refractivity contribution in [2.45, 2.75) is 0 Å². The summed E-state index contributed by atoms with van der Waals surface area (Å²) in [4.78, 5) is 29.4. The van der Waals surface area contributed by atoms with Crippen LogP contribution in [0.3, 0.4) is 0 Å². The lowest BCUT2D eigenvalue weighted by Crippen LogP contribution is -2.13. The van der Waals surface area contributed by atoms with E-state index in [1.165, 1.54) is 0 Å². The maximum Gasteiger partial charge on any atom is 0.265 e. The number of nitrogens with zero attached hydrogens (tertiary/aromatic N) is 3. The van der Waals surface area contributed by atoms with Crippen LogP contribution in [-0.2, 0) is 0 Å². The standard InChI is InChI=1S/C45H28N4O/c50-45-43-32-27-46-44(43)42(31-19-11-4-12-20-31)36-24-22-34(48-36)40(29-15-7-2-8-16-29)33-21-23-35(47-33)41(30-17-9-3-10-18-30)38-26-25-37(49(38)45)39(32)28-13-5-1-6-14-28/h1-27,48H. The number of hydrogen-bond donors (Lipinski definition) is 1. The SMILES string of the molecule is O=c1c2c3cnc2c(-c2ccccc2)c2ccc([nH]2)c(-c2ccccc2)c2nc(c(-c4ccccc4)c4ccc(c3-c3ccccc3)n14)C=C2. The van der Waals surface area contributed by atoms with Crippen molar-refractivity contribution < 1.29 is 0 Å². The number of aromatic amines is 1. The van der Waals surface area contributed by atoms with Gasteiger partial charge in [0.1, 0.15) is 0 Å². The summed E-state index contributed by atoms with van der Waals surface area (Å²) in [5, 5.41) is 1.41. The normalized spacial score (nSPS) is 12.0. The number of H-pyrrole nitrogens is 1. The van der Waals surface area contributed by atoms with Crippen LogP contribution in [0, 0.1) is 0 Å². The summed E-state index contributed by atoms with van der Waals surface area (Å²) >= 11 is 0. The number of hydrogen-bond acceptors (Lipinski definition) is 3. The topological polar surface area (TPSA) is 63.0 Å². The second kappa shape index (κ2) is 11.1. The lowest BCUT2D eigenvalue weighted by Gasteiger charge is -2.11. The highest BCUT2D eigenvalue weighted by Gasteiger charge is 2.23. The van der Waals surface area contributed by atoms with Gasteiger partial charge in [0.15, 0.2) is 0 Å². The number of rotatable bonds is 4. The Balaban J connectivity index is 1.52. The van der Waals surface area contributed by atoms with Gasteiger partial charge in [-0.15, -0.1) is 0 Å². The Bertz CT molecular complexity index is 2910. The van der Waals surface area contributed by atoms with Gasteiger partial charge in [0.25, 0.3) is 5.56 Å². The molecule has 1 N–H and O–H groups in total. The first-order valence-corrected chi connectivity index (χ1v) is 16.7. The van der Waals surface area contributed by atoms with Crippen molar-refractivity contribution in [2.24, 2.45) is 0 Å². The molecule has 0 saturated carbocycles. The molecule has 1 aliphatic heterocycles. The van der Waals surface area contributed by atoms with E-state index in [2.05, 4.69) is 102 Å². The molecule has 4 aromatic carbocycles. The third-order valence-electron chi connectivity index (χ3n) is 9.77. The number of aromatic nitrogens is 4. The molecule has 9 aromatic rings. The summed E-state index contributed by atoms with van der Waals surface area (Å²) in [5.74, 6) is 0. The minimum atomic E-state index is -0.115. The van der Waals surface area contributed by atoms with E-state index < -0.39 is 0 Å². The molecule has 0 unspecified atom stereocenters. The molecule has 6 heterocycles. The van der Waals surface area contributed by atoms with Crippen LogP contribution in [0.25, 0.3) is 95.0 Å². The molecule has 0 radical (unpaired) electrons. The highest BCUT2D eigenvalue weighted by Crippen LogP contribution is 2.40. The Kier molecular flexibility index (Phi) is 6.26. The predicted octanol–water partition coefficient (Wildman–Crippen LogP) is 10.6. The van der Waals surface area contributed by atoms with Crippen molar-refractivity contribution in [2.75, 3.05) is 0 Å². The van der Waals surface area contributed by atoms with Crippen LogP contribution < -0.4 is 5.56 Å². The fraction of sp³-hybridized carbons (Fsp3) is 0. The highest BCUT2D eigenvalue weighted by atomic mass is 16.1. The van der Waals surface area contributed by atoms with Crippen molar-refractivity contribution in [3.63, 3.8) is 0 Å². The molecule has 234 valence electrons. The summed E-state index contributed by atoms with van der Waals surface area (Å²) in [7, 11) is 0. The molecular formula is C45H28N4O. The second-order valence-electron chi connectivity index (χ2n) is 12.6. The molecule has 0 amide bonds. The first-order chi connectivity index (χ1) is 24.7. The molecule has 10 rings (SSSR count). The number of benzene rings is 4. The maximum absolute atomic E-state index is 15.2. The summed E-state index contributed by atoms with van der Waals surface area (Å²) in [5.41, 5.74) is 13.3. The molecule has 6 bridgehead atoms. The van der Waals surface area contributed by atoms with E-state index >= 15 is 4.79 Å². The van der Waals surface area contributed by atoms with Crippen LogP contribution in [0.4, 0.5) is 0 Å². The molecule has 0 aliphatic carbocycles. The van der Waals surface area contributed by atoms with Gasteiger partial charge in [0.05, 0.1) is 33.3 Å². The zero-order chi connectivity index (χ0) is 33.2. The van der Waals surface area contributed by atoms with Gasteiger partial charge in [0.2, 0.25) is 0 Å². The molecule has 0 spiro atoms. The van der Waals surface area contributed by atoms with Crippen molar-refractivity contribution in [3.8, 4) is 44.5 Å². The number of pyridine rings is 1. The predicted molar refractivity (Wildman–Crippen MR) is 206 cm³/mol. The zero-order valence-corrected chi connectivity index (χ0v) is 26.8. The third kappa shape index (κ3) is 4.24. The minimum absolute atomic E-state index is 0.115. The largest absolute Gasteiger partial charge is 0.354 e. The van der Waals surface area contributed by atoms with Gasteiger partial charge in [-0.25, -0.2) is 4.98 Å². The molecule has 5 heteroatoms. The Labute approximate surface area is 287 Å². The third-order valence-corrected chi connectivity index (χ3v) is 9.77. The second-order valence-corrected chi connectivity index (χ2v) is 12.6. The Morgan fingerprint density at radius 1 is 0.480 bits per heavy atom. The van der Waals surface area contributed by atoms with E-state index in [9.17, 15) is 0 Å². The van der Waals surface area contributed by atoms with Gasteiger partial charge in [-0.1, -0.05) is 121 Å². The average Bonchev–Trinajstić information content (AvgIpc) is 4.00. The van der Waals surface area contributed by atoms with Crippen LogP contribution in [0.1, 0.15) is 11.4 Å². The van der Waals surface area contributed by atoms with Crippen LogP contribution in [0.15, 0.2) is 157 Å². The first-order valence-electron chi connectivity index (χ1n) is 16.7. The van der Waals surface area contributed by atoms with E-state index in [1.54, 1.807) is 0 Å². The average molecular weight is 641 g/mol. The van der Waals surface area contributed by atoms with Crippen LogP contribution in [0.5, 0.6) is 0 Å². The van der Waals surface area contributed by atoms with Crippen molar-refractivity contribution in [1.29, 1.82) is 0 Å². The lowest BCUT2D eigenvalue weighted by molar-refractivity contribution is 1.20. The van der Waals surface area contributed by atoms with E-state index in [-0.39, 0.29) is 5.56 Å². The van der Waals surface area contributed by atoms with Gasteiger partial charge in [0, 0.05) is 44.9 Å². The Hall–Kier alpha value is -6.85. The maximum atomic E-state index is 15.2. The van der Waals surface area contributed by atoms with Gasteiger partial charge in [-0.2, -0.15) is 0 Å². The van der Waals surface area contributed by atoms with Crippen molar-refractivity contribution in [3.05, 3.63) is 174 Å². The quantitative estimate of drug-likeness (QED) is 0.208. The molecule has 5 nitrogen and oxygen atoms in total. The van der Waals surface area contributed by atoms with Crippen molar-refractivity contribution >= 4 is 50.5 Å². The van der Waals surface area contributed by atoms with Gasteiger partial charge in [-0.05, 0) is 58.7 Å². The molecule has 0 saturated heterocycles. The monoisotopic (exact) mass is 640 g/mol. The molecule has 0 atom stereocenters. The van der Waals surface area contributed by atoms with Gasteiger partial charge in [-0.3, -0.25) is 14.2 Å². The van der Waals surface area contributed by atoms with E-state index in [1.807, 2.05) is 71.3 Å². The highest BCUT2D eigenvalue weighted by molar-refractivity contribution is 6.15. The van der Waals surface area contributed by atoms with E-state index in [0.29, 0.717) is 10.9 Å². The Morgan fingerprint density at radius 3 is 1.52 bits per heavy atom. The molecule has 50 heavy (non-hydrogen) atoms. The van der Waals surface area contributed by atoms with Gasteiger partial charge >= 0.3 is 0 Å². The summed E-state index contributed by atoms with van der Waals surface area (Å²) in [6, 6.07) is 49.5. The summed E-state index contributed by atoms with van der Waals surface area (Å²) in [6.45, 7) is 0. The first kappa shape index (κ1) is 28.2. The number of fused-ring (bicyclic) bond motifs is 4. The summed E-state index contributed by atoms with van der Waals surface area (Å²) < 4.78 is 1.88. The minimum Gasteiger partial charge on any atom is -0.354 e. The van der Waals surface area contributed by atoms with Crippen LogP contribution in [0.2, 0.25) is 0 Å². The van der Waals surface area contributed by atoms with E-state index in [0.717, 1.165) is 83.3 Å². The van der Waals surface area contributed by atoms with Gasteiger partial charge < -0.3 is 4.98 Å². The van der Waals surface area contributed by atoms with Crippen LogP contribution in [-0.4, -0.2) is 19.4 Å². The van der Waals surface area contributed by atoms with E-state index in [4.69, 9.17) is 9.97 Å². The molecular weight excluding hydrogens is 613 g/mol. The summed E-state index contributed by atoms with van der Waals surface area (Å²) in [6.07, 6.45) is 6.03. The number of nitrogens with one attached hydrogen (secondary N) is 1.